The number of nitrogens with zero attached hydrogens (tertiary/aromatic N) is 3. The van der Waals surface area contributed by atoms with Gasteiger partial charge in [-0.2, -0.15) is 0 Å². The number of hydrogen-bond donors (Lipinski definition) is 1. The van der Waals surface area contributed by atoms with Crippen LogP contribution in [-0.2, 0) is 17.9 Å². The van der Waals surface area contributed by atoms with E-state index in [0.29, 0.717) is 24.1 Å². The van der Waals surface area contributed by atoms with Crippen LogP contribution in [0.1, 0.15) is 28.1 Å². The monoisotopic (exact) mass is 436 g/mol. The number of aryl methyl sites for hydroxylation is 4. The van der Waals surface area contributed by atoms with E-state index >= 15 is 0 Å². The van der Waals surface area contributed by atoms with E-state index in [1.807, 2.05) is 62.6 Å². The minimum absolute atomic E-state index is 0.0833. The summed E-state index contributed by atoms with van der Waals surface area (Å²) >= 11 is 1.35. The average Bonchev–Trinajstić information content (AvgIpc) is 3.12. The van der Waals surface area contributed by atoms with Crippen LogP contribution >= 0.6 is 11.8 Å². The Bertz CT molecular complexity index is 1090. The maximum atomic E-state index is 12.5. The first-order valence-electron chi connectivity index (χ1n) is 10.1. The molecule has 1 aromatic heterocycles. The molecule has 31 heavy (non-hydrogen) atoms. The third-order valence-corrected chi connectivity index (χ3v) is 5.77. The summed E-state index contributed by atoms with van der Waals surface area (Å²) < 4.78 is 7.91. The Morgan fingerprint density at radius 2 is 1.81 bits per heavy atom. The molecule has 2 aromatic carbocycles. The molecule has 0 unspecified atom stereocenters. The maximum absolute atomic E-state index is 12.5. The summed E-state index contributed by atoms with van der Waals surface area (Å²) in [4.78, 5) is 12.5. The molecule has 0 aliphatic rings. The zero-order valence-corrected chi connectivity index (χ0v) is 19.3. The highest BCUT2D eigenvalue weighted by atomic mass is 32.2. The quantitative estimate of drug-likeness (QED) is 0.377. The fourth-order valence-corrected chi connectivity index (χ4v) is 3.80. The fraction of sp³-hybridized carbons (Fsp3) is 0.292. The fourth-order valence-electron chi connectivity index (χ4n) is 3.04. The molecule has 1 heterocycles. The molecule has 162 valence electrons. The lowest BCUT2D eigenvalue weighted by Crippen LogP contribution is -2.15. The molecule has 0 aliphatic heterocycles. The van der Waals surface area contributed by atoms with Gasteiger partial charge < -0.3 is 10.1 Å². The molecule has 0 saturated heterocycles. The van der Waals surface area contributed by atoms with Gasteiger partial charge in [-0.05, 0) is 62.1 Å². The Labute approximate surface area is 187 Å². The lowest BCUT2D eigenvalue weighted by Gasteiger charge is -2.12. The van der Waals surface area contributed by atoms with Gasteiger partial charge >= 0.3 is 0 Å². The molecule has 0 aliphatic carbocycles. The van der Waals surface area contributed by atoms with E-state index in [4.69, 9.17) is 4.74 Å². The topological polar surface area (TPSA) is 69.0 Å². The summed E-state index contributed by atoms with van der Waals surface area (Å²) in [6, 6.07) is 12.1. The van der Waals surface area contributed by atoms with Crippen molar-refractivity contribution >= 4 is 23.4 Å². The highest BCUT2D eigenvalue weighted by Gasteiger charge is 2.15. The molecule has 3 rings (SSSR count). The van der Waals surface area contributed by atoms with Gasteiger partial charge in [0.25, 0.3) is 0 Å². The molecular formula is C24H28N4O2S. The number of hydrogen-bond acceptors (Lipinski definition) is 5. The smallest absolute Gasteiger partial charge is 0.234 e. The molecule has 0 radical (unpaired) electrons. The van der Waals surface area contributed by atoms with E-state index in [1.54, 1.807) is 6.08 Å². The van der Waals surface area contributed by atoms with Crippen molar-refractivity contribution < 1.29 is 9.53 Å². The largest absolute Gasteiger partial charge is 0.485 e. The van der Waals surface area contributed by atoms with Gasteiger partial charge in [0.2, 0.25) is 5.91 Å². The predicted octanol–water partition coefficient (Wildman–Crippen LogP) is 5.01. The maximum Gasteiger partial charge on any atom is 0.234 e. The Morgan fingerprint density at radius 3 is 2.55 bits per heavy atom. The summed E-state index contributed by atoms with van der Waals surface area (Å²) in [5.74, 6) is 1.68. The number of carbonyl (C=O) groups excluding carboxylic acids is 1. The van der Waals surface area contributed by atoms with Crippen LogP contribution in [0.5, 0.6) is 5.75 Å². The minimum atomic E-state index is -0.0833. The number of rotatable bonds is 9. The molecule has 0 bridgehead atoms. The number of benzene rings is 2. The van der Waals surface area contributed by atoms with Crippen molar-refractivity contribution in [1.82, 2.24) is 14.8 Å². The number of aromatic nitrogens is 3. The van der Waals surface area contributed by atoms with Gasteiger partial charge in [-0.25, -0.2) is 0 Å². The zero-order chi connectivity index (χ0) is 22.4. The lowest BCUT2D eigenvalue weighted by molar-refractivity contribution is -0.113. The molecule has 0 saturated carbocycles. The third-order valence-electron chi connectivity index (χ3n) is 4.81. The Morgan fingerprint density at radius 1 is 1.10 bits per heavy atom. The summed E-state index contributed by atoms with van der Waals surface area (Å²) in [5, 5.41) is 12.2. The number of thioether (sulfide) groups is 1. The number of anilines is 1. The van der Waals surface area contributed by atoms with Gasteiger partial charge in [-0.3, -0.25) is 9.36 Å². The summed E-state index contributed by atoms with van der Waals surface area (Å²) in [6.07, 6.45) is 1.78. The van der Waals surface area contributed by atoms with Crippen LogP contribution in [0.4, 0.5) is 5.69 Å². The normalized spacial score (nSPS) is 10.7. The minimum Gasteiger partial charge on any atom is -0.485 e. The number of carbonyl (C=O) groups is 1. The van der Waals surface area contributed by atoms with Crippen LogP contribution in [0.2, 0.25) is 0 Å². The molecule has 1 amide bonds. The van der Waals surface area contributed by atoms with Crippen molar-refractivity contribution in [3.8, 4) is 5.75 Å². The van der Waals surface area contributed by atoms with Gasteiger partial charge in [0.1, 0.15) is 12.4 Å². The molecule has 0 spiro atoms. The number of nitrogens with one attached hydrogen (secondary N) is 1. The Balaban J connectivity index is 1.65. The first-order valence-corrected chi connectivity index (χ1v) is 11.1. The standard InChI is InChI=1S/C24H28N4O2S/c1-6-11-28-22(14-30-21-13-17(3)8-10-19(21)5)26-27-24(28)31-15-23(29)25-20-12-16(2)7-9-18(20)4/h6-10,12-13H,1,11,14-15H2,2-5H3,(H,25,29). The Hall–Kier alpha value is -3.06. The molecule has 0 fully saturated rings. The van der Waals surface area contributed by atoms with Crippen LogP contribution in [0.25, 0.3) is 0 Å². The van der Waals surface area contributed by atoms with Crippen molar-refractivity contribution in [3.63, 3.8) is 0 Å². The van der Waals surface area contributed by atoms with Crippen LogP contribution in [0.3, 0.4) is 0 Å². The molecule has 3 aromatic rings. The van der Waals surface area contributed by atoms with Crippen molar-refractivity contribution in [2.75, 3.05) is 11.1 Å². The van der Waals surface area contributed by atoms with Crippen molar-refractivity contribution in [2.24, 2.45) is 0 Å². The number of allylic oxidation sites excluding steroid dienone is 1. The summed E-state index contributed by atoms with van der Waals surface area (Å²) in [5.41, 5.74) is 5.18. The molecule has 6 nitrogen and oxygen atoms in total. The van der Waals surface area contributed by atoms with E-state index in [1.165, 1.54) is 11.8 Å². The second-order valence-electron chi connectivity index (χ2n) is 7.51. The van der Waals surface area contributed by atoms with Crippen molar-refractivity contribution in [3.05, 3.63) is 77.1 Å². The highest BCUT2D eigenvalue weighted by Crippen LogP contribution is 2.23. The lowest BCUT2D eigenvalue weighted by atomic mass is 10.1. The van der Waals surface area contributed by atoms with E-state index in [9.17, 15) is 4.79 Å². The summed E-state index contributed by atoms with van der Waals surface area (Å²) in [7, 11) is 0. The molecule has 0 atom stereocenters. The molecular weight excluding hydrogens is 408 g/mol. The van der Waals surface area contributed by atoms with E-state index in [0.717, 1.165) is 33.7 Å². The van der Waals surface area contributed by atoms with Gasteiger partial charge in [0.05, 0.1) is 5.75 Å². The summed E-state index contributed by atoms with van der Waals surface area (Å²) in [6.45, 7) is 12.7. The highest BCUT2D eigenvalue weighted by molar-refractivity contribution is 7.99. The van der Waals surface area contributed by atoms with Crippen LogP contribution < -0.4 is 10.1 Å². The first kappa shape index (κ1) is 22.6. The average molecular weight is 437 g/mol. The van der Waals surface area contributed by atoms with Crippen LogP contribution in [-0.4, -0.2) is 26.4 Å². The molecule has 1 N–H and O–H groups in total. The van der Waals surface area contributed by atoms with Crippen molar-refractivity contribution in [1.29, 1.82) is 0 Å². The molecule has 7 heteroatoms. The Kier molecular flexibility index (Phi) is 7.52. The number of amides is 1. The SMILES string of the molecule is C=CCn1c(COc2cc(C)ccc2C)nnc1SCC(=O)Nc1cc(C)ccc1C. The van der Waals surface area contributed by atoms with Gasteiger partial charge in [0, 0.05) is 12.2 Å². The zero-order valence-electron chi connectivity index (χ0n) is 18.4. The second-order valence-corrected chi connectivity index (χ2v) is 8.45. The van der Waals surface area contributed by atoms with Gasteiger partial charge in [-0.15, -0.1) is 16.8 Å². The third kappa shape index (κ3) is 5.98. The van der Waals surface area contributed by atoms with E-state index in [2.05, 4.69) is 28.2 Å². The van der Waals surface area contributed by atoms with E-state index in [-0.39, 0.29) is 11.7 Å². The second kappa shape index (κ2) is 10.3. The van der Waals surface area contributed by atoms with Gasteiger partial charge in [0.15, 0.2) is 11.0 Å². The van der Waals surface area contributed by atoms with Gasteiger partial charge in [-0.1, -0.05) is 42.1 Å². The van der Waals surface area contributed by atoms with E-state index < -0.39 is 0 Å². The van der Waals surface area contributed by atoms with Crippen LogP contribution in [0.15, 0.2) is 54.2 Å². The van der Waals surface area contributed by atoms with Crippen LogP contribution in [0, 0.1) is 27.7 Å². The first-order chi connectivity index (χ1) is 14.9. The number of ether oxygens (including phenoxy) is 1. The predicted molar refractivity (Wildman–Crippen MR) is 126 cm³/mol. The van der Waals surface area contributed by atoms with Crippen molar-refractivity contribution in [2.45, 2.75) is 46.0 Å².